The molecule has 0 saturated carbocycles. The Bertz CT molecular complexity index is 873. The molecule has 1 saturated heterocycles. The van der Waals surface area contributed by atoms with Gasteiger partial charge in [0.25, 0.3) is 0 Å². The maximum Gasteiger partial charge on any atom is 0.212 e. The second-order valence-electron chi connectivity index (χ2n) is 6.90. The number of aromatic nitrogens is 2. The summed E-state index contributed by atoms with van der Waals surface area (Å²) < 4.78 is 10.5. The van der Waals surface area contributed by atoms with Crippen molar-refractivity contribution in [1.82, 2.24) is 14.9 Å². The van der Waals surface area contributed by atoms with Gasteiger partial charge in [-0.3, -0.25) is 4.90 Å². The third-order valence-corrected chi connectivity index (χ3v) is 5.32. The van der Waals surface area contributed by atoms with Gasteiger partial charge in [-0.15, -0.1) is 0 Å². The van der Waals surface area contributed by atoms with Crippen LogP contribution in [0.15, 0.2) is 42.7 Å². The van der Waals surface area contributed by atoms with E-state index in [0.717, 1.165) is 25.3 Å². The van der Waals surface area contributed by atoms with Gasteiger partial charge in [0, 0.05) is 41.9 Å². The van der Waals surface area contributed by atoms with Crippen LogP contribution in [0.1, 0.15) is 24.0 Å². The fourth-order valence-electron chi connectivity index (χ4n) is 3.90. The van der Waals surface area contributed by atoms with Crippen LogP contribution in [-0.2, 0) is 13.0 Å². The van der Waals surface area contributed by atoms with Crippen molar-refractivity contribution in [3.63, 3.8) is 0 Å². The Morgan fingerprint density at radius 1 is 1.19 bits per heavy atom. The number of aromatic amines is 1. The van der Waals surface area contributed by atoms with Crippen molar-refractivity contribution in [3.05, 3.63) is 53.9 Å². The van der Waals surface area contributed by atoms with Crippen molar-refractivity contribution in [2.24, 2.45) is 0 Å². The minimum Gasteiger partial charge on any atom is -0.497 e. The predicted octanol–water partition coefficient (Wildman–Crippen LogP) is 3.79. The molecule has 4 rings (SSSR count). The van der Waals surface area contributed by atoms with E-state index in [1.54, 1.807) is 14.2 Å². The van der Waals surface area contributed by atoms with Crippen molar-refractivity contribution in [2.45, 2.75) is 31.8 Å². The number of H-pyrrole nitrogens is 1. The monoisotopic (exact) mass is 351 g/mol. The third-order valence-electron chi connectivity index (χ3n) is 5.32. The lowest BCUT2D eigenvalue weighted by Gasteiger charge is -2.24. The average molecular weight is 351 g/mol. The minimum atomic E-state index is 0.558. The van der Waals surface area contributed by atoms with Crippen molar-refractivity contribution in [2.75, 3.05) is 20.8 Å². The van der Waals surface area contributed by atoms with E-state index < -0.39 is 0 Å². The molecular formula is C21H25N3O2. The van der Waals surface area contributed by atoms with E-state index in [4.69, 9.17) is 9.47 Å². The number of fused-ring (bicyclic) bond motifs is 1. The van der Waals surface area contributed by atoms with Crippen LogP contribution in [0.3, 0.4) is 0 Å². The lowest BCUT2D eigenvalue weighted by atomic mass is 10.0. The van der Waals surface area contributed by atoms with Crippen LogP contribution >= 0.6 is 0 Å². The second-order valence-corrected chi connectivity index (χ2v) is 6.90. The molecule has 1 aromatic carbocycles. The first-order chi connectivity index (χ1) is 12.8. The molecule has 5 heteroatoms. The quantitative estimate of drug-likeness (QED) is 0.734. The number of hydrogen-bond acceptors (Lipinski definition) is 4. The summed E-state index contributed by atoms with van der Waals surface area (Å²) in [7, 11) is 3.36. The molecule has 5 nitrogen and oxygen atoms in total. The minimum absolute atomic E-state index is 0.558. The van der Waals surface area contributed by atoms with Crippen LogP contribution in [0.25, 0.3) is 10.9 Å². The van der Waals surface area contributed by atoms with Crippen molar-refractivity contribution in [3.8, 4) is 11.6 Å². The number of pyridine rings is 1. The molecule has 1 unspecified atom stereocenters. The van der Waals surface area contributed by atoms with Crippen molar-refractivity contribution in [1.29, 1.82) is 0 Å². The predicted molar refractivity (Wildman–Crippen MR) is 103 cm³/mol. The standard InChI is InChI=1S/C21H25N3O2/c1-25-18-6-7-20-19(11-18)16(13-22-20)10-17-4-3-9-24(17)14-15-5-8-21(26-2)23-12-15/h5-8,11-13,17,22H,3-4,9-10,14H2,1-2H3. The zero-order chi connectivity index (χ0) is 17.9. The number of ether oxygens (including phenoxy) is 2. The molecule has 3 aromatic rings. The Balaban J connectivity index is 1.50. The topological polar surface area (TPSA) is 50.4 Å². The zero-order valence-electron chi connectivity index (χ0n) is 15.4. The van der Waals surface area contributed by atoms with Gasteiger partial charge in [0.15, 0.2) is 0 Å². The lowest BCUT2D eigenvalue weighted by Crippen LogP contribution is -2.30. The Labute approximate surface area is 153 Å². The molecule has 136 valence electrons. The Hall–Kier alpha value is -2.53. The summed E-state index contributed by atoms with van der Waals surface area (Å²) in [4.78, 5) is 10.3. The number of likely N-dealkylation sites (tertiary alicyclic amines) is 1. The number of benzene rings is 1. The van der Waals surface area contributed by atoms with Gasteiger partial charge in [0.1, 0.15) is 5.75 Å². The fraction of sp³-hybridized carbons (Fsp3) is 0.381. The Kier molecular flexibility index (Phi) is 4.80. The van der Waals surface area contributed by atoms with E-state index in [1.807, 2.05) is 18.3 Å². The number of rotatable bonds is 6. The van der Waals surface area contributed by atoms with Gasteiger partial charge in [0.2, 0.25) is 5.88 Å². The number of methoxy groups -OCH3 is 2. The highest BCUT2D eigenvalue weighted by atomic mass is 16.5. The Morgan fingerprint density at radius 3 is 2.88 bits per heavy atom. The van der Waals surface area contributed by atoms with Gasteiger partial charge in [-0.2, -0.15) is 0 Å². The molecule has 0 radical (unpaired) electrons. The van der Waals surface area contributed by atoms with Gasteiger partial charge in [-0.25, -0.2) is 4.98 Å². The van der Waals surface area contributed by atoms with E-state index in [1.165, 1.54) is 34.9 Å². The van der Waals surface area contributed by atoms with Crippen LogP contribution < -0.4 is 9.47 Å². The second kappa shape index (κ2) is 7.38. The zero-order valence-corrected chi connectivity index (χ0v) is 15.4. The van der Waals surface area contributed by atoms with Gasteiger partial charge in [-0.1, -0.05) is 6.07 Å². The summed E-state index contributed by atoms with van der Waals surface area (Å²) >= 11 is 0. The first-order valence-electron chi connectivity index (χ1n) is 9.14. The molecule has 2 aromatic heterocycles. The van der Waals surface area contributed by atoms with Gasteiger partial charge < -0.3 is 14.5 Å². The van der Waals surface area contributed by atoms with E-state index in [0.29, 0.717) is 11.9 Å². The summed E-state index contributed by atoms with van der Waals surface area (Å²) in [6.07, 6.45) is 7.61. The molecule has 0 aliphatic carbocycles. The first-order valence-corrected chi connectivity index (χ1v) is 9.14. The van der Waals surface area contributed by atoms with E-state index in [2.05, 4.69) is 39.3 Å². The summed E-state index contributed by atoms with van der Waals surface area (Å²) in [6.45, 7) is 2.08. The normalized spacial score (nSPS) is 17.7. The maximum absolute atomic E-state index is 5.39. The average Bonchev–Trinajstić information content (AvgIpc) is 3.29. The summed E-state index contributed by atoms with van der Waals surface area (Å²) in [5.41, 5.74) is 3.77. The summed E-state index contributed by atoms with van der Waals surface area (Å²) in [6, 6.07) is 10.8. The summed E-state index contributed by atoms with van der Waals surface area (Å²) in [5.74, 6) is 1.57. The first kappa shape index (κ1) is 16.9. The largest absolute Gasteiger partial charge is 0.497 e. The molecule has 1 atom stereocenters. The summed E-state index contributed by atoms with van der Waals surface area (Å²) in [5, 5.41) is 1.27. The molecule has 0 bridgehead atoms. The van der Waals surface area contributed by atoms with Crippen LogP contribution in [0, 0.1) is 0 Å². The van der Waals surface area contributed by atoms with Crippen molar-refractivity contribution >= 4 is 10.9 Å². The smallest absolute Gasteiger partial charge is 0.212 e. The van der Waals surface area contributed by atoms with E-state index >= 15 is 0 Å². The third kappa shape index (κ3) is 3.40. The number of hydrogen-bond donors (Lipinski definition) is 1. The molecule has 0 spiro atoms. The van der Waals surface area contributed by atoms with E-state index in [-0.39, 0.29) is 0 Å². The van der Waals surface area contributed by atoms with Gasteiger partial charge in [-0.05, 0) is 55.1 Å². The molecule has 1 N–H and O–H groups in total. The molecule has 26 heavy (non-hydrogen) atoms. The fourth-order valence-corrected chi connectivity index (χ4v) is 3.90. The highest BCUT2D eigenvalue weighted by molar-refractivity contribution is 5.84. The Morgan fingerprint density at radius 2 is 2.12 bits per heavy atom. The highest BCUT2D eigenvalue weighted by Gasteiger charge is 2.25. The number of nitrogens with zero attached hydrogens (tertiary/aromatic N) is 2. The lowest BCUT2D eigenvalue weighted by molar-refractivity contribution is 0.244. The van der Waals surface area contributed by atoms with Gasteiger partial charge in [0.05, 0.1) is 14.2 Å². The van der Waals surface area contributed by atoms with E-state index in [9.17, 15) is 0 Å². The highest BCUT2D eigenvalue weighted by Crippen LogP contribution is 2.29. The van der Waals surface area contributed by atoms with Crippen LogP contribution in [0.2, 0.25) is 0 Å². The van der Waals surface area contributed by atoms with Crippen molar-refractivity contribution < 1.29 is 9.47 Å². The number of nitrogens with one attached hydrogen (secondary N) is 1. The van der Waals surface area contributed by atoms with Gasteiger partial charge >= 0.3 is 0 Å². The molecule has 0 amide bonds. The van der Waals surface area contributed by atoms with Crippen LogP contribution in [0.5, 0.6) is 11.6 Å². The SMILES string of the molecule is COc1ccc2[nH]cc(CC3CCCN3Cc3ccc(OC)nc3)c2c1. The van der Waals surface area contributed by atoms with Crippen LogP contribution in [-0.4, -0.2) is 41.7 Å². The molecule has 1 aliphatic rings. The molecule has 1 aliphatic heterocycles. The maximum atomic E-state index is 5.39. The molecular weight excluding hydrogens is 326 g/mol. The molecule has 1 fully saturated rings. The molecule has 3 heterocycles. The van der Waals surface area contributed by atoms with Crippen LogP contribution in [0.4, 0.5) is 0 Å².